The quantitative estimate of drug-likeness (QED) is 0.168. The van der Waals surface area contributed by atoms with E-state index in [1.54, 1.807) is 6.92 Å². The number of morpholine rings is 1. The average Bonchev–Trinajstić information content (AvgIpc) is 3.43. The van der Waals surface area contributed by atoms with Crippen molar-refractivity contribution in [2.45, 2.75) is 63.0 Å². The van der Waals surface area contributed by atoms with Crippen LogP contribution in [0.15, 0.2) is 78.9 Å². The van der Waals surface area contributed by atoms with E-state index in [2.05, 4.69) is 15.5 Å². The summed E-state index contributed by atoms with van der Waals surface area (Å²) in [5.74, 6) is -0.228. The second kappa shape index (κ2) is 18.8. The standard InChI is InChI=1S/C39H51N3O8/c1-27(26-47-2)50-39(46)40-34(23-28-8-4-3-5-9-28)35(43)25-31(38(45)41-37-33-11-7-6-10-30(33)24-36(37)44)22-29-12-14-32(15-13-29)49-21-18-42-16-19-48-20-17-42/h3-15,27,31,34-37,43-44H,16-26H2,1-2H3,(H,40,46)(H,41,45)/t27?,31-,34+,35+,36-,37+/m1/s1. The highest BCUT2D eigenvalue weighted by molar-refractivity contribution is 5.80. The van der Waals surface area contributed by atoms with Crippen LogP contribution in [0.5, 0.6) is 5.75 Å². The van der Waals surface area contributed by atoms with Crippen molar-refractivity contribution in [1.82, 2.24) is 15.5 Å². The number of fused-ring (bicyclic) bond motifs is 1. The third-order valence-electron chi connectivity index (χ3n) is 9.36. The molecule has 2 aliphatic rings. The Kier molecular flexibility index (Phi) is 14.0. The van der Waals surface area contributed by atoms with Crippen molar-refractivity contribution in [3.8, 4) is 5.75 Å². The summed E-state index contributed by atoms with van der Waals surface area (Å²) >= 11 is 0. The lowest BCUT2D eigenvalue weighted by Crippen LogP contribution is -2.48. The number of hydrogen-bond donors (Lipinski definition) is 4. The molecule has 50 heavy (non-hydrogen) atoms. The van der Waals surface area contributed by atoms with E-state index >= 15 is 0 Å². The first-order chi connectivity index (χ1) is 24.3. The zero-order valence-electron chi connectivity index (χ0n) is 29.0. The number of amides is 2. The van der Waals surface area contributed by atoms with Crippen LogP contribution in [0.4, 0.5) is 4.79 Å². The first kappa shape index (κ1) is 37.3. The number of methoxy groups -OCH3 is 1. The van der Waals surface area contributed by atoms with E-state index in [1.807, 2.05) is 78.9 Å². The van der Waals surface area contributed by atoms with E-state index < -0.39 is 42.4 Å². The van der Waals surface area contributed by atoms with Crippen molar-refractivity contribution in [1.29, 1.82) is 0 Å². The van der Waals surface area contributed by atoms with Gasteiger partial charge in [-0.25, -0.2) is 4.79 Å². The van der Waals surface area contributed by atoms with Crippen molar-refractivity contribution in [2.75, 3.05) is 53.2 Å². The number of ether oxygens (including phenoxy) is 4. The molecule has 1 saturated heterocycles. The number of nitrogens with zero attached hydrogens (tertiary/aromatic N) is 1. The van der Waals surface area contributed by atoms with Crippen molar-refractivity contribution in [3.05, 3.63) is 101 Å². The normalized spacial score (nSPS) is 19.8. The molecule has 0 bridgehead atoms. The van der Waals surface area contributed by atoms with E-state index in [-0.39, 0.29) is 18.9 Å². The van der Waals surface area contributed by atoms with Gasteiger partial charge in [-0.15, -0.1) is 0 Å². The van der Waals surface area contributed by atoms with Crippen LogP contribution < -0.4 is 15.4 Å². The predicted molar refractivity (Wildman–Crippen MR) is 189 cm³/mol. The molecule has 6 atom stereocenters. The van der Waals surface area contributed by atoms with Gasteiger partial charge in [0.15, 0.2) is 0 Å². The molecule has 0 aromatic heterocycles. The van der Waals surface area contributed by atoms with E-state index in [9.17, 15) is 19.8 Å². The maximum absolute atomic E-state index is 14.1. The van der Waals surface area contributed by atoms with Gasteiger partial charge in [0.2, 0.25) is 5.91 Å². The Bertz CT molecular complexity index is 1480. The molecular formula is C39H51N3O8. The zero-order chi connectivity index (χ0) is 35.3. The molecule has 3 aromatic rings. The third-order valence-corrected chi connectivity index (χ3v) is 9.36. The fourth-order valence-corrected chi connectivity index (χ4v) is 6.67. The van der Waals surface area contributed by atoms with E-state index in [0.29, 0.717) is 25.9 Å². The second-order valence-corrected chi connectivity index (χ2v) is 13.2. The van der Waals surface area contributed by atoms with Gasteiger partial charge in [-0.3, -0.25) is 9.69 Å². The lowest BCUT2D eigenvalue weighted by atomic mass is 9.88. The lowest BCUT2D eigenvalue weighted by molar-refractivity contribution is -0.127. The van der Waals surface area contributed by atoms with Crippen LogP contribution in [0.25, 0.3) is 0 Å². The van der Waals surface area contributed by atoms with Crippen LogP contribution in [0, 0.1) is 5.92 Å². The van der Waals surface area contributed by atoms with Gasteiger partial charge in [0, 0.05) is 39.1 Å². The van der Waals surface area contributed by atoms with E-state index in [1.165, 1.54) is 7.11 Å². The van der Waals surface area contributed by atoms with Gasteiger partial charge in [0.1, 0.15) is 18.5 Å². The first-order valence-electron chi connectivity index (χ1n) is 17.5. The molecule has 0 spiro atoms. The number of aliphatic hydroxyl groups excluding tert-OH is 2. The topological polar surface area (TPSA) is 139 Å². The van der Waals surface area contributed by atoms with Gasteiger partial charge in [0.25, 0.3) is 0 Å². The van der Waals surface area contributed by atoms with E-state index in [4.69, 9.17) is 18.9 Å². The van der Waals surface area contributed by atoms with Crippen molar-refractivity contribution in [2.24, 2.45) is 5.92 Å². The van der Waals surface area contributed by atoms with Crippen molar-refractivity contribution < 1.29 is 38.7 Å². The highest BCUT2D eigenvalue weighted by Gasteiger charge is 2.35. The number of hydrogen-bond acceptors (Lipinski definition) is 9. The monoisotopic (exact) mass is 689 g/mol. The lowest BCUT2D eigenvalue weighted by Gasteiger charge is -2.29. The van der Waals surface area contributed by atoms with Crippen LogP contribution in [0.2, 0.25) is 0 Å². The van der Waals surface area contributed by atoms with Crippen LogP contribution >= 0.6 is 0 Å². The smallest absolute Gasteiger partial charge is 0.407 e. The Morgan fingerprint density at radius 3 is 2.40 bits per heavy atom. The van der Waals surface area contributed by atoms with Crippen LogP contribution in [-0.4, -0.2) is 105 Å². The van der Waals surface area contributed by atoms with Gasteiger partial charge in [-0.1, -0.05) is 66.7 Å². The van der Waals surface area contributed by atoms with Gasteiger partial charge < -0.3 is 39.8 Å². The van der Waals surface area contributed by atoms with Crippen molar-refractivity contribution >= 4 is 12.0 Å². The fraction of sp³-hybridized carbons (Fsp3) is 0.487. The summed E-state index contributed by atoms with van der Waals surface area (Å²) in [4.78, 5) is 29.3. The average molecular weight is 690 g/mol. The fourth-order valence-electron chi connectivity index (χ4n) is 6.67. The molecule has 1 heterocycles. The molecule has 1 unspecified atom stereocenters. The summed E-state index contributed by atoms with van der Waals surface area (Å²) in [5, 5.41) is 28.5. The summed E-state index contributed by atoms with van der Waals surface area (Å²) in [6.45, 7) is 6.62. The highest BCUT2D eigenvalue weighted by atomic mass is 16.6. The molecule has 1 fully saturated rings. The number of alkyl carbamates (subject to hydrolysis) is 1. The highest BCUT2D eigenvalue weighted by Crippen LogP contribution is 2.32. The van der Waals surface area contributed by atoms with Crippen LogP contribution in [0.1, 0.15) is 41.6 Å². The summed E-state index contributed by atoms with van der Waals surface area (Å²) in [6, 6.07) is 23.6. The Labute approximate surface area is 294 Å². The second-order valence-electron chi connectivity index (χ2n) is 13.2. The summed E-state index contributed by atoms with van der Waals surface area (Å²) < 4.78 is 22.0. The number of aliphatic hydroxyl groups is 2. The van der Waals surface area contributed by atoms with Crippen LogP contribution in [-0.2, 0) is 38.3 Å². The van der Waals surface area contributed by atoms with Gasteiger partial charge in [0.05, 0.1) is 44.1 Å². The van der Waals surface area contributed by atoms with Gasteiger partial charge >= 0.3 is 6.09 Å². The first-order valence-corrected chi connectivity index (χ1v) is 17.5. The van der Waals surface area contributed by atoms with E-state index in [0.717, 1.165) is 60.9 Å². The molecule has 4 N–H and O–H groups in total. The molecule has 0 saturated carbocycles. The molecule has 2 amide bonds. The minimum atomic E-state index is -1.10. The molecule has 11 nitrogen and oxygen atoms in total. The maximum atomic E-state index is 14.1. The van der Waals surface area contributed by atoms with Gasteiger partial charge in [-0.05, 0) is 60.6 Å². The SMILES string of the molecule is COCC(C)OC(=O)N[C@@H](Cc1ccccc1)[C@@H](O)C[C@@H](Cc1ccc(OCCN2CCOCC2)cc1)C(=O)N[C@H]1c2ccccc2C[C@H]1O. The Morgan fingerprint density at radius 1 is 0.960 bits per heavy atom. The molecule has 11 heteroatoms. The van der Waals surface area contributed by atoms with Crippen molar-refractivity contribution in [3.63, 3.8) is 0 Å². The predicted octanol–water partition coefficient (Wildman–Crippen LogP) is 3.45. The minimum Gasteiger partial charge on any atom is -0.492 e. The minimum absolute atomic E-state index is 0.0551. The Hall–Kier alpha value is -4.00. The molecule has 270 valence electrons. The number of carbonyl (C=O) groups excluding carboxylic acids is 2. The Morgan fingerprint density at radius 2 is 1.66 bits per heavy atom. The summed E-state index contributed by atoms with van der Waals surface area (Å²) in [7, 11) is 1.53. The summed E-state index contributed by atoms with van der Waals surface area (Å²) in [5.41, 5.74) is 3.70. The summed E-state index contributed by atoms with van der Waals surface area (Å²) in [6.07, 6.45) is -1.85. The van der Waals surface area contributed by atoms with Crippen LogP contribution in [0.3, 0.4) is 0 Å². The number of carbonyl (C=O) groups is 2. The number of nitrogens with one attached hydrogen (secondary N) is 2. The molecule has 1 aliphatic carbocycles. The third kappa shape index (κ3) is 11.0. The zero-order valence-corrected chi connectivity index (χ0v) is 29.0. The molecule has 5 rings (SSSR count). The maximum Gasteiger partial charge on any atom is 0.407 e. The molecule has 0 radical (unpaired) electrons. The molecular weight excluding hydrogens is 638 g/mol. The molecule has 1 aliphatic heterocycles. The number of rotatable bonds is 17. The molecule has 3 aromatic carbocycles. The van der Waals surface area contributed by atoms with Gasteiger partial charge in [-0.2, -0.15) is 0 Å². The number of benzene rings is 3. The largest absolute Gasteiger partial charge is 0.492 e. The Balaban J connectivity index is 1.30.